The van der Waals surface area contributed by atoms with Crippen molar-refractivity contribution in [1.29, 1.82) is 0 Å². The first-order chi connectivity index (χ1) is 6.83. The third-order valence-corrected chi connectivity index (χ3v) is 2.84. The molecule has 1 saturated carbocycles. The number of hydrogen-bond donors (Lipinski definition) is 1. The highest BCUT2D eigenvalue weighted by Gasteiger charge is 2.13. The average Bonchev–Trinajstić information content (AvgIpc) is 2.20. The van der Waals surface area contributed by atoms with E-state index >= 15 is 0 Å². The number of rotatable bonds is 5. The summed E-state index contributed by atoms with van der Waals surface area (Å²) in [6.07, 6.45) is 7.79. The Hall–Kier alpha value is -0.570. The molecule has 3 heteroatoms. The van der Waals surface area contributed by atoms with Crippen LogP contribution in [0, 0.1) is 5.92 Å². The summed E-state index contributed by atoms with van der Waals surface area (Å²) in [6, 6.07) is 0. The van der Waals surface area contributed by atoms with Gasteiger partial charge in [-0.3, -0.25) is 4.79 Å². The van der Waals surface area contributed by atoms with E-state index in [1.165, 1.54) is 32.1 Å². The van der Waals surface area contributed by atoms with Crippen LogP contribution in [0.25, 0.3) is 0 Å². The van der Waals surface area contributed by atoms with E-state index in [-0.39, 0.29) is 5.97 Å². The van der Waals surface area contributed by atoms with Crippen molar-refractivity contribution >= 4 is 5.97 Å². The number of likely N-dealkylation sites (N-methyl/N-ethyl adjacent to an activating group) is 1. The molecule has 0 radical (unpaired) electrons. The quantitative estimate of drug-likeness (QED) is 0.685. The number of esters is 1. The van der Waals surface area contributed by atoms with Crippen LogP contribution in [-0.4, -0.2) is 26.2 Å². The Bertz CT molecular complexity index is 165. The van der Waals surface area contributed by atoms with Gasteiger partial charge < -0.3 is 10.1 Å². The Morgan fingerprint density at radius 1 is 1.36 bits per heavy atom. The van der Waals surface area contributed by atoms with Crippen molar-refractivity contribution in [3.05, 3.63) is 0 Å². The molecule has 0 saturated heterocycles. The molecule has 0 atom stereocenters. The molecule has 0 unspecified atom stereocenters. The normalized spacial score (nSPS) is 18.1. The van der Waals surface area contributed by atoms with Crippen molar-refractivity contribution in [2.75, 3.05) is 20.2 Å². The second-order valence-corrected chi connectivity index (χ2v) is 4.04. The molecule has 0 aromatic carbocycles. The Labute approximate surface area is 86.2 Å². The topological polar surface area (TPSA) is 38.3 Å². The molecule has 0 aromatic heterocycles. The number of nitrogens with one attached hydrogen (secondary N) is 1. The SMILES string of the molecule is CNCC(=O)OCCC1CCCCC1. The van der Waals surface area contributed by atoms with Gasteiger partial charge in [0.05, 0.1) is 13.2 Å². The molecule has 1 aliphatic rings. The van der Waals surface area contributed by atoms with Crippen molar-refractivity contribution in [3.63, 3.8) is 0 Å². The fourth-order valence-electron chi connectivity index (χ4n) is 2.01. The monoisotopic (exact) mass is 199 g/mol. The standard InChI is InChI=1S/C11H21NO2/c1-12-9-11(13)14-8-7-10-5-3-2-4-6-10/h10,12H,2-9H2,1H3. The lowest BCUT2D eigenvalue weighted by atomic mass is 9.87. The molecule has 82 valence electrons. The maximum Gasteiger partial charge on any atom is 0.319 e. The maximum atomic E-state index is 11.0. The van der Waals surface area contributed by atoms with Crippen LogP contribution in [0.3, 0.4) is 0 Å². The molecule has 3 nitrogen and oxygen atoms in total. The van der Waals surface area contributed by atoms with Crippen molar-refractivity contribution in [2.45, 2.75) is 38.5 Å². The third kappa shape index (κ3) is 4.61. The second-order valence-electron chi connectivity index (χ2n) is 4.04. The predicted octanol–water partition coefficient (Wildman–Crippen LogP) is 1.72. The van der Waals surface area contributed by atoms with Gasteiger partial charge in [0, 0.05) is 0 Å². The van der Waals surface area contributed by atoms with Crippen LogP contribution in [0.2, 0.25) is 0 Å². The summed E-state index contributed by atoms with van der Waals surface area (Å²) < 4.78 is 5.08. The van der Waals surface area contributed by atoms with Crippen LogP contribution in [0.4, 0.5) is 0 Å². The van der Waals surface area contributed by atoms with E-state index in [4.69, 9.17) is 4.74 Å². The van der Waals surface area contributed by atoms with Crippen LogP contribution >= 0.6 is 0 Å². The summed E-state index contributed by atoms with van der Waals surface area (Å²) in [4.78, 5) is 11.0. The summed E-state index contributed by atoms with van der Waals surface area (Å²) in [5.74, 6) is 0.662. The lowest BCUT2D eigenvalue weighted by Gasteiger charge is -2.20. The van der Waals surface area contributed by atoms with Crippen LogP contribution in [0.15, 0.2) is 0 Å². The highest BCUT2D eigenvalue weighted by atomic mass is 16.5. The van der Waals surface area contributed by atoms with E-state index < -0.39 is 0 Å². The molecule has 0 bridgehead atoms. The second kappa shape index (κ2) is 6.82. The number of carbonyl (C=O) groups excluding carboxylic acids is 1. The van der Waals surface area contributed by atoms with E-state index in [0.29, 0.717) is 13.2 Å². The Morgan fingerprint density at radius 2 is 2.07 bits per heavy atom. The minimum atomic E-state index is -0.136. The van der Waals surface area contributed by atoms with Crippen molar-refractivity contribution in [2.24, 2.45) is 5.92 Å². The fourth-order valence-corrected chi connectivity index (χ4v) is 2.01. The first-order valence-corrected chi connectivity index (χ1v) is 5.63. The molecule has 0 aliphatic heterocycles. The molecular weight excluding hydrogens is 178 g/mol. The highest BCUT2D eigenvalue weighted by Crippen LogP contribution is 2.25. The van der Waals surface area contributed by atoms with Gasteiger partial charge in [-0.05, 0) is 19.4 Å². The molecule has 0 aromatic rings. The summed E-state index contributed by atoms with van der Waals surface area (Å²) in [6.45, 7) is 0.926. The van der Waals surface area contributed by atoms with Gasteiger partial charge >= 0.3 is 5.97 Å². The summed E-state index contributed by atoms with van der Waals surface area (Å²) in [5, 5.41) is 2.78. The number of hydrogen-bond acceptors (Lipinski definition) is 3. The third-order valence-electron chi connectivity index (χ3n) is 2.84. The Balaban J connectivity index is 1.99. The van der Waals surface area contributed by atoms with E-state index in [0.717, 1.165) is 12.3 Å². The predicted molar refractivity (Wildman–Crippen MR) is 56.1 cm³/mol. The zero-order chi connectivity index (χ0) is 10.2. The van der Waals surface area contributed by atoms with Gasteiger partial charge in [-0.25, -0.2) is 0 Å². The maximum absolute atomic E-state index is 11.0. The molecule has 1 N–H and O–H groups in total. The molecule has 1 fully saturated rings. The van der Waals surface area contributed by atoms with Gasteiger partial charge in [0.1, 0.15) is 0 Å². The fraction of sp³-hybridized carbons (Fsp3) is 0.909. The lowest BCUT2D eigenvalue weighted by molar-refractivity contribution is -0.142. The summed E-state index contributed by atoms with van der Waals surface area (Å²) in [5.41, 5.74) is 0. The zero-order valence-electron chi connectivity index (χ0n) is 9.05. The Kier molecular flexibility index (Phi) is 5.60. The molecule has 1 rings (SSSR count). The largest absolute Gasteiger partial charge is 0.465 e. The van der Waals surface area contributed by atoms with E-state index in [1.807, 2.05) is 0 Å². The van der Waals surface area contributed by atoms with E-state index in [1.54, 1.807) is 7.05 Å². The minimum Gasteiger partial charge on any atom is -0.465 e. The smallest absolute Gasteiger partial charge is 0.319 e. The summed E-state index contributed by atoms with van der Waals surface area (Å²) in [7, 11) is 1.75. The highest BCUT2D eigenvalue weighted by molar-refractivity contribution is 5.71. The average molecular weight is 199 g/mol. The van der Waals surface area contributed by atoms with Crippen molar-refractivity contribution in [3.8, 4) is 0 Å². The van der Waals surface area contributed by atoms with Gasteiger partial charge in [-0.15, -0.1) is 0 Å². The molecule has 0 amide bonds. The van der Waals surface area contributed by atoms with Gasteiger partial charge in [0.15, 0.2) is 0 Å². The number of carbonyl (C=O) groups is 1. The molecular formula is C11H21NO2. The van der Waals surface area contributed by atoms with Crippen LogP contribution in [-0.2, 0) is 9.53 Å². The van der Waals surface area contributed by atoms with Gasteiger partial charge in [0.2, 0.25) is 0 Å². The van der Waals surface area contributed by atoms with Crippen molar-refractivity contribution in [1.82, 2.24) is 5.32 Å². The molecule has 0 spiro atoms. The first-order valence-electron chi connectivity index (χ1n) is 5.63. The van der Waals surface area contributed by atoms with Crippen LogP contribution in [0.1, 0.15) is 38.5 Å². The first kappa shape index (κ1) is 11.5. The van der Waals surface area contributed by atoms with E-state index in [9.17, 15) is 4.79 Å². The number of ether oxygens (including phenoxy) is 1. The van der Waals surface area contributed by atoms with Gasteiger partial charge in [0.25, 0.3) is 0 Å². The molecule has 14 heavy (non-hydrogen) atoms. The Morgan fingerprint density at radius 3 is 2.71 bits per heavy atom. The lowest BCUT2D eigenvalue weighted by Crippen LogP contribution is -2.22. The van der Waals surface area contributed by atoms with Crippen LogP contribution < -0.4 is 5.32 Å². The summed E-state index contributed by atoms with van der Waals surface area (Å²) >= 11 is 0. The minimum absolute atomic E-state index is 0.136. The van der Waals surface area contributed by atoms with Crippen LogP contribution in [0.5, 0.6) is 0 Å². The van der Waals surface area contributed by atoms with Crippen molar-refractivity contribution < 1.29 is 9.53 Å². The molecule has 0 heterocycles. The van der Waals surface area contributed by atoms with Gasteiger partial charge in [-0.1, -0.05) is 32.1 Å². The zero-order valence-corrected chi connectivity index (χ0v) is 9.05. The van der Waals surface area contributed by atoms with Gasteiger partial charge in [-0.2, -0.15) is 0 Å². The van der Waals surface area contributed by atoms with E-state index in [2.05, 4.69) is 5.32 Å². The molecule has 1 aliphatic carbocycles.